The molecule has 3 N–H and O–H groups in total. The van der Waals surface area contributed by atoms with E-state index in [-0.39, 0.29) is 29.9 Å². The van der Waals surface area contributed by atoms with E-state index in [1.54, 1.807) is 12.1 Å². The van der Waals surface area contributed by atoms with Crippen molar-refractivity contribution in [3.63, 3.8) is 0 Å². The van der Waals surface area contributed by atoms with Gasteiger partial charge in [0.05, 0.1) is 23.4 Å². The molecular weight excluding hydrogens is 536 g/mol. The lowest BCUT2D eigenvalue weighted by Gasteiger charge is -2.24. The Kier molecular flexibility index (Phi) is 7.94. The fourth-order valence-electron chi connectivity index (χ4n) is 3.95. The van der Waals surface area contributed by atoms with E-state index in [1.807, 2.05) is 32.9 Å². The molecule has 0 unspecified atom stereocenters. The summed E-state index contributed by atoms with van der Waals surface area (Å²) in [4.78, 5) is 30.2. The molecule has 0 spiro atoms. The fourth-order valence-corrected chi connectivity index (χ4v) is 4.26. The summed E-state index contributed by atoms with van der Waals surface area (Å²) in [7, 11) is -4.61. The summed E-state index contributed by atoms with van der Waals surface area (Å²) in [6.07, 6.45) is -1.95. The Morgan fingerprint density at radius 2 is 1.72 bits per heavy atom. The third-order valence-electron chi connectivity index (χ3n) is 5.68. The van der Waals surface area contributed by atoms with Gasteiger partial charge in [0.1, 0.15) is 24.5 Å². The molecule has 0 aliphatic heterocycles. The number of fused-ring (bicyclic) bond motifs is 1. The maximum atomic E-state index is 13.5. The van der Waals surface area contributed by atoms with E-state index >= 15 is 0 Å². The van der Waals surface area contributed by atoms with Crippen LogP contribution in [-0.4, -0.2) is 38.0 Å². The number of phosphoric acid groups is 1. The Bertz CT molecular complexity index is 1540. The number of aromatic nitrogens is 3. The zero-order valence-electron chi connectivity index (χ0n) is 21.2. The van der Waals surface area contributed by atoms with Crippen LogP contribution < -0.4 is 10.1 Å². The average Bonchev–Trinajstić information content (AvgIpc) is 2.85. The molecular formula is C26H26F3N4O5P. The molecule has 206 valence electrons. The first-order valence-corrected chi connectivity index (χ1v) is 13.3. The molecule has 13 heteroatoms. The number of nitrogens with zero attached hydrogens (tertiary/aromatic N) is 3. The van der Waals surface area contributed by atoms with Gasteiger partial charge in [-0.25, -0.2) is 14.5 Å². The van der Waals surface area contributed by atoms with Crippen molar-refractivity contribution >= 4 is 30.2 Å². The van der Waals surface area contributed by atoms with Crippen molar-refractivity contribution in [2.75, 3.05) is 18.5 Å². The summed E-state index contributed by atoms with van der Waals surface area (Å²) in [6.45, 7) is 5.59. The Hall–Kier alpha value is -3.57. The number of anilines is 2. The highest BCUT2D eigenvalue weighted by atomic mass is 31.2. The molecule has 0 saturated carbocycles. The average molecular weight is 562 g/mol. The zero-order valence-corrected chi connectivity index (χ0v) is 22.1. The van der Waals surface area contributed by atoms with Gasteiger partial charge in [0.2, 0.25) is 0 Å². The number of hydrogen-bond acceptors (Lipinski definition) is 7. The van der Waals surface area contributed by atoms with Crippen molar-refractivity contribution in [1.29, 1.82) is 0 Å². The summed E-state index contributed by atoms with van der Waals surface area (Å²) in [5, 5.41) is 3.77. The van der Waals surface area contributed by atoms with Crippen LogP contribution in [0, 0.1) is 0 Å². The highest BCUT2D eigenvalue weighted by molar-refractivity contribution is 7.46. The number of benzene rings is 2. The first kappa shape index (κ1) is 28.4. The van der Waals surface area contributed by atoms with Crippen molar-refractivity contribution in [3.05, 3.63) is 72.2 Å². The number of phosphoric ester groups is 1. The van der Waals surface area contributed by atoms with Crippen LogP contribution in [0.25, 0.3) is 22.2 Å². The number of ether oxygens (including phenoxy) is 1. The SMILES string of the molecule is CC(C)(C)c1ccc(Nc2ncnc3cc(-c4ncccc4C(F)(F)F)ccc23)cc1OCCOP(=O)(O)O. The molecule has 4 rings (SSSR count). The smallest absolute Gasteiger partial charge is 0.469 e. The summed E-state index contributed by atoms with van der Waals surface area (Å²) in [5.41, 5.74) is 0.816. The molecule has 9 nitrogen and oxygen atoms in total. The van der Waals surface area contributed by atoms with Crippen molar-refractivity contribution < 1.29 is 36.8 Å². The number of hydrogen-bond donors (Lipinski definition) is 3. The van der Waals surface area contributed by atoms with Crippen LogP contribution in [0.1, 0.15) is 31.9 Å². The molecule has 2 aromatic heterocycles. The maximum Gasteiger partial charge on any atom is 0.469 e. The van der Waals surface area contributed by atoms with Gasteiger partial charge in [-0.05, 0) is 41.3 Å². The van der Waals surface area contributed by atoms with E-state index in [1.165, 1.54) is 30.7 Å². The largest absolute Gasteiger partial charge is 0.491 e. The molecule has 0 amide bonds. The minimum Gasteiger partial charge on any atom is -0.491 e. The van der Waals surface area contributed by atoms with Crippen LogP contribution in [0.5, 0.6) is 5.75 Å². The Balaban J connectivity index is 1.64. The predicted octanol–water partition coefficient (Wildman–Crippen LogP) is 6.24. The summed E-state index contributed by atoms with van der Waals surface area (Å²) < 4.78 is 61.7. The second-order valence-electron chi connectivity index (χ2n) is 9.61. The van der Waals surface area contributed by atoms with Gasteiger partial charge in [0.25, 0.3) is 0 Å². The maximum absolute atomic E-state index is 13.5. The summed E-state index contributed by atoms with van der Waals surface area (Å²) in [5.74, 6) is 0.903. The highest BCUT2D eigenvalue weighted by Crippen LogP contribution is 2.38. The van der Waals surface area contributed by atoms with E-state index in [9.17, 15) is 17.7 Å². The third kappa shape index (κ3) is 7.10. The molecule has 0 aliphatic carbocycles. The lowest BCUT2D eigenvalue weighted by molar-refractivity contribution is -0.137. The van der Waals surface area contributed by atoms with Crippen LogP contribution in [-0.2, 0) is 20.7 Å². The molecule has 0 saturated heterocycles. The molecule has 4 aromatic rings. The molecule has 0 radical (unpaired) electrons. The van der Waals surface area contributed by atoms with E-state index in [2.05, 4.69) is 24.8 Å². The van der Waals surface area contributed by atoms with Crippen molar-refractivity contribution in [2.24, 2.45) is 0 Å². The second kappa shape index (κ2) is 10.9. The molecule has 2 aromatic carbocycles. The third-order valence-corrected chi connectivity index (χ3v) is 6.19. The van der Waals surface area contributed by atoms with Crippen LogP contribution in [0.3, 0.4) is 0 Å². The Morgan fingerprint density at radius 3 is 2.41 bits per heavy atom. The molecule has 0 aliphatic rings. The number of nitrogens with one attached hydrogen (secondary N) is 1. The van der Waals surface area contributed by atoms with E-state index in [0.717, 1.165) is 11.6 Å². The highest BCUT2D eigenvalue weighted by Gasteiger charge is 2.34. The van der Waals surface area contributed by atoms with Crippen LogP contribution in [0.2, 0.25) is 0 Å². The van der Waals surface area contributed by atoms with E-state index in [4.69, 9.17) is 14.5 Å². The zero-order chi connectivity index (χ0) is 28.4. The van der Waals surface area contributed by atoms with Gasteiger partial charge in [-0.3, -0.25) is 9.51 Å². The van der Waals surface area contributed by atoms with Gasteiger partial charge >= 0.3 is 14.0 Å². The van der Waals surface area contributed by atoms with E-state index in [0.29, 0.717) is 28.2 Å². The number of rotatable bonds is 8. The molecule has 0 bridgehead atoms. The van der Waals surface area contributed by atoms with Crippen LogP contribution in [0.4, 0.5) is 24.7 Å². The summed E-state index contributed by atoms with van der Waals surface area (Å²) >= 11 is 0. The standard InChI is InChI=1S/C26H26F3N4O5P/c1-25(2,3)19-9-7-17(14-22(19)37-11-12-38-39(34,35)36)33-24-18-8-6-16(13-21(18)31-15-32-24)23-20(26(27,28)29)5-4-10-30-23/h4-10,13-15H,11-12H2,1-3H3,(H,31,32,33)(H2,34,35,36). The lowest BCUT2D eigenvalue weighted by atomic mass is 9.86. The van der Waals surface area contributed by atoms with Crippen molar-refractivity contribution in [1.82, 2.24) is 15.0 Å². The normalized spacial score (nSPS) is 12.5. The minimum absolute atomic E-state index is 0.0930. The lowest BCUT2D eigenvalue weighted by Crippen LogP contribution is -2.15. The number of alkyl halides is 3. The molecule has 0 fully saturated rings. The first-order chi connectivity index (χ1) is 18.2. The van der Waals surface area contributed by atoms with Gasteiger partial charge in [-0.1, -0.05) is 32.9 Å². The summed E-state index contributed by atoms with van der Waals surface area (Å²) in [6, 6.07) is 12.3. The minimum atomic E-state index is -4.61. The predicted molar refractivity (Wildman–Crippen MR) is 140 cm³/mol. The van der Waals surface area contributed by atoms with E-state index < -0.39 is 19.6 Å². The van der Waals surface area contributed by atoms with Crippen molar-refractivity contribution in [2.45, 2.75) is 32.4 Å². The Labute approximate surface area is 222 Å². The van der Waals surface area contributed by atoms with Crippen molar-refractivity contribution in [3.8, 4) is 17.0 Å². The quantitative estimate of drug-likeness (QED) is 0.169. The number of halogens is 3. The van der Waals surface area contributed by atoms with Crippen LogP contribution >= 0.6 is 7.82 Å². The second-order valence-corrected chi connectivity index (χ2v) is 10.8. The van der Waals surface area contributed by atoms with Crippen LogP contribution in [0.15, 0.2) is 61.1 Å². The molecule has 39 heavy (non-hydrogen) atoms. The monoisotopic (exact) mass is 562 g/mol. The van der Waals surface area contributed by atoms with Gasteiger partial charge < -0.3 is 19.8 Å². The van der Waals surface area contributed by atoms with Gasteiger partial charge in [0.15, 0.2) is 0 Å². The fraction of sp³-hybridized carbons (Fsp3) is 0.269. The topological polar surface area (TPSA) is 127 Å². The van der Waals surface area contributed by atoms with Gasteiger partial charge in [-0.15, -0.1) is 0 Å². The van der Waals surface area contributed by atoms with Gasteiger partial charge in [-0.2, -0.15) is 13.2 Å². The Morgan fingerprint density at radius 1 is 0.949 bits per heavy atom. The first-order valence-electron chi connectivity index (χ1n) is 11.7. The van der Waals surface area contributed by atoms with Gasteiger partial charge in [0, 0.05) is 28.9 Å². The number of pyridine rings is 1. The molecule has 0 atom stereocenters. The molecule has 2 heterocycles.